The molecule has 0 heterocycles. The van der Waals surface area contributed by atoms with Gasteiger partial charge in [0.1, 0.15) is 5.75 Å². The molecule has 98 valence electrons. The molecule has 0 saturated heterocycles. The molecule has 0 spiro atoms. The molecule has 0 aliphatic heterocycles. The predicted octanol–water partition coefficient (Wildman–Crippen LogP) is 3.15. The van der Waals surface area contributed by atoms with Gasteiger partial charge in [0, 0.05) is 17.6 Å². The van der Waals surface area contributed by atoms with Crippen molar-refractivity contribution in [1.29, 1.82) is 0 Å². The maximum atomic E-state index is 12.1. The second kappa shape index (κ2) is 6.29. The van der Waals surface area contributed by atoms with Crippen molar-refractivity contribution in [3.63, 3.8) is 0 Å². The summed E-state index contributed by atoms with van der Waals surface area (Å²) in [6.45, 7) is 0. The molecule has 0 unspecified atom stereocenters. The third kappa shape index (κ3) is 3.51. The van der Waals surface area contributed by atoms with E-state index in [-0.39, 0.29) is 11.7 Å². The van der Waals surface area contributed by atoms with Crippen LogP contribution in [0.15, 0.2) is 59.5 Å². The molecule has 1 amide bonds. The normalized spacial score (nSPS) is 10.2. The minimum atomic E-state index is -0.000506. The van der Waals surface area contributed by atoms with Gasteiger partial charge in [-0.25, -0.2) is 0 Å². The fourth-order valence-electron chi connectivity index (χ4n) is 1.61. The topological polar surface area (TPSA) is 40.5 Å². The van der Waals surface area contributed by atoms with E-state index in [0.29, 0.717) is 5.75 Å². The molecule has 0 saturated carbocycles. The van der Waals surface area contributed by atoms with Gasteiger partial charge in [0.25, 0.3) is 0 Å². The number of phenolic OH excluding ortho intramolecular Hbond substituents is 1. The molecular formula is C15H15NO2S. The van der Waals surface area contributed by atoms with E-state index in [9.17, 15) is 9.90 Å². The van der Waals surface area contributed by atoms with Crippen LogP contribution in [0.1, 0.15) is 0 Å². The maximum Gasteiger partial charge on any atom is 0.237 e. The van der Waals surface area contributed by atoms with Crippen LogP contribution in [-0.2, 0) is 4.79 Å². The fraction of sp³-hybridized carbons (Fsp3) is 0.133. The number of hydrogen-bond donors (Lipinski definition) is 1. The largest absolute Gasteiger partial charge is 0.507 e. The average Bonchev–Trinajstić information content (AvgIpc) is 2.46. The molecular weight excluding hydrogens is 258 g/mol. The van der Waals surface area contributed by atoms with Crippen molar-refractivity contribution in [3.8, 4) is 5.75 Å². The number of carbonyl (C=O) groups is 1. The predicted molar refractivity (Wildman–Crippen MR) is 78.7 cm³/mol. The highest BCUT2D eigenvalue weighted by Gasteiger charge is 2.11. The lowest BCUT2D eigenvalue weighted by Crippen LogP contribution is -2.27. The summed E-state index contributed by atoms with van der Waals surface area (Å²) in [7, 11) is 1.75. The van der Waals surface area contributed by atoms with Gasteiger partial charge in [0.15, 0.2) is 0 Å². The minimum absolute atomic E-state index is 0.000506. The molecule has 2 aromatic carbocycles. The van der Waals surface area contributed by atoms with Crippen LogP contribution in [-0.4, -0.2) is 23.8 Å². The summed E-state index contributed by atoms with van der Waals surface area (Å²) in [4.78, 5) is 14.4. The highest BCUT2D eigenvalue weighted by Crippen LogP contribution is 2.28. The van der Waals surface area contributed by atoms with E-state index in [1.54, 1.807) is 30.1 Å². The number of para-hydroxylation sites is 2. The molecule has 0 aromatic heterocycles. The van der Waals surface area contributed by atoms with Crippen molar-refractivity contribution in [2.45, 2.75) is 4.90 Å². The summed E-state index contributed by atoms with van der Waals surface area (Å²) in [5.74, 6) is 0.505. The zero-order valence-electron chi connectivity index (χ0n) is 10.6. The number of benzene rings is 2. The van der Waals surface area contributed by atoms with Gasteiger partial charge in [-0.05, 0) is 24.3 Å². The van der Waals surface area contributed by atoms with Crippen LogP contribution in [0.3, 0.4) is 0 Å². The number of amides is 1. The highest BCUT2D eigenvalue weighted by molar-refractivity contribution is 8.00. The van der Waals surface area contributed by atoms with Crippen molar-refractivity contribution in [2.24, 2.45) is 0 Å². The van der Waals surface area contributed by atoms with Crippen LogP contribution in [0.4, 0.5) is 5.69 Å². The highest BCUT2D eigenvalue weighted by atomic mass is 32.2. The lowest BCUT2D eigenvalue weighted by Gasteiger charge is -2.17. The van der Waals surface area contributed by atoms with E-state index in [1.807, 2.05) is 36.4 Å². The van der Waals surface area contributed by atoms with Gasteiger partial charge >= 0.3 is 0 Å². The summed E-state index contributed by atoms with van der Waals surface area (Å²) < 4.78 is 0. The Bertz CT molecular complexity index is 557. The summed E-state index contributed by atoms with van der Waals surface area (Å²) >= 11 is 1.34. The van der Waals surface area contributed by atoms with Crippen LogP contribution in [0.2, 0.25) is 0 Å². The molecule has 0 aliphatic rings. The fourth-order valence-corrected chi connectivity index (χ4v) is 2.47. The second-order valence-electron chi connectivity index (χ2n) is 4.04. The van der Waals surface area contributed by atoms with Gasteiger partial charge in [0.05, 0.1) is 5.75 Å². The van der Waals surface area contributed by atoms with Crippen molar-refractivity contribution in [2.75, 3.05) is 17.7 Å². The van der Waals surface area contributed by atoms with Gasteiger partial charge in [-0.3, -0.25) is 4.79 Å². The second-order valence-corrected chi connectivity index (χ2v) is 5.06. The van der Waals surface area contributed by atoms with Crippen molar-refractivity contribution >= 4 is 23.4 Å². The summed E-state index contributed by atoms with van der Waals surface area (Å²) in [6, 6.07) is 16.5. The third-order valence-electron chi connectivity index (χ3n) is 2.73. The minimum Gasteiger partial charge on any atom is -0.507 e. The zero-order chi connectivity index (χ0) is 13.7. The molecule has 1 N–H and O–H groups in total. The molecule has 2 rings (SSSR count). The Balaban J connectivity index is 1.97. The number of hydrogen-bond acceptors (Lipinski definition) is 3. The maximum absolute atomic E-state index is 12.1. The van der Waals surface area contributed by atoms with Crippen molar-refractivity contribution in [3.05, 3.63) is 54.6 Å². The first kappa shape index (κ1) is 13.5. The van der Waals surface area contributed by atoms with Crippen LogP contribution in [0.5, 0.6) is 5.75 Å². The summed E-state index contributed by atoms with van der Waals surface area (Å²) in [5, 5.41) is 9.63. The first-order chi connectivity index (χ1) is 9.18. The van der Waals surface area contributed by atoms with E-state index in [0.717, 1.165) is 10.6 Å². The van der Waals surface area contributed by atoms with E-state index in [4.69, 9.17) is 0 Å². The van der Waals surface area contributed by atoms with Crippen molar-refractivity contribution in [1.82, 2.24) is 0 Å². The summed E-state index contributed by atoms with van der Waals surface area (Å²) in [5.41, 5.74) is 0.866. The Morgan fingerprint density at radius 2 is 1.74 bits per heavy atom. The number of aromatic hydroxyl groups is 1. The number of anilines is 1. The van der Waals surface area contributed by atoms with Gasteiger partial charge < -0.3 is 10.0 Å². The Hall–Kier alpha value is -1.94. The average molecular weight is 273 g/mol. The lowest BCUT2D eigenvalue weighted by molar-refractivity contribution is -0.115. The third-order valence-corrected chi connectivity index (χ3v) is 3.78. The first-order valence-corrected chi connectivity index (χ1v) is 6.89. The standard InChI is InChI=1S/C15H15NO2S/c1-16(12-7-3-2-4-8-12)15(18)11-19-14-10-6-5-9-13(14)17/h2-10,17H,11H2,1H3. The van der Waals surface area contributed by atoms with E-state index >= 15 is 0 Å². The SMILES string of the molecule is CN(C(=O)CSc1ccccc1O)c1ccccc1. The van der Waals surface area contributed by atoms with E-state index in [1.165, 1.54) is 11.8 Å². The van der Waals surface area contributed by atoms with Crippen LogP contribution in [0.25, 0.3) is 0 Å². The zero-order valence-corrected chi connectivity index (χ0v) is 11.4. The Labute approximate surface area is 116 Å². The monoisotopic (exact) mass is 273 g/mol. The van der Waals surface area contributed by atoms with Gasteiger partial charge in [0.2, 0.25) is 5.91 Å². The van der Waals surface area contributed by atoms with Gasteiger partial charge in [-0.15, -0.1) is 11.8 Å². The number of carbonyl (C=O) groups excluding carboxylic acids is 1. The molecule has 0 aliphatic carbocycles. The van der Waals surface area contributed by atoms with Crippen LogP contribution < -0.4 is 4.90 Å². The Morgan fingerprint density at radius 3 is 2.42 bits per heavy atom. The number of rotatable bonds is 4. The number of thioether (sulfide) groups is 1. The van der Waals surface area contributed by atoms with Crippen LogP contribution in [0, 0.1) is 0 Å². The lowest BCUT2D eigenvalue weighted by atomic mass is 10.3. The quantitative estimate of drug-likeness (QED) is 0.870. The van der Waals surface area contributed by atoms with Gasteiger partial charge in [-0.2, -0.15) is 0 Å². The first-order valence-electron chi connectivity index (χ1n) is 5.91. The van der Waals surface area contributed by atoms with Crippen LogP contribution >= 0.6 is 11.8 Å². The van der Waals surface area contributed by atoms with E-state index < -0.39 is 0 Å². The van der Waals surface area contributed by atoms with E-state index in [2.05, 4.69) is 0 Å². The molecule has 2 aromatic rings. The Kier molecular flexibility index (Phi) is 4.47. The summed E-state index contributed by atoms with van der Waals surface area (Å²) in [6.07, 6.45) is 0. The molecule has 0 atom stereocenters. The molecule has 19 heavy (non-hydrogen) atoms. The van der Waals surface area contributed by atoms with Crippen molar-refractivity contribution < 1.29 is 9.90 Å². The molecule has 3 nitrogen and oxygen atoms in total. The van der Waals surface area contributed by atoms with Gasteiger partial charge in [-0.1, -0.05) is 30.3 Å². The molecule has 0 bridgehead atoms. The molecule has 4 heteroatoms. The Morgan fingerprint density at radius 1 is 1.11 bits per heavy atom. The number of nitrogens with zero attached hydrogens (tertiary/aromatic N) is 1. The molecule has 0 radical (unpaired) electrons. The smallest absolute Gasteiger partial charge is 0.237 e. The molecule has 0 fully saturated rings. The number of phenols is 1.